The molecule has 0 saturated heterocycles. The first-order valence-electron chi connectivity index (χ1n) is 7.52. The van der Waals surface area contributed by atoms with E-state index >= 15 is 0 Å². The molecule has 108 valence electrons. The molecule has 2 rings (SSSR count). The Balaban J connectivity index is 2.22. The highest BCUT2D eigenvalue weighted by molar-refractivity contribution is 5.29. The lowest BCUT2D eigenvalue weighted by Gasteiger charge is -2.31. The van der Waals surface area contributed by atoms with Gasteiger partial charge in [0.1, 0.15) is 0 Å². The number of nitrogens with one attached hydrogen (secondary N) is 1. The molecule has 0 aromatic carbocycles. The van der Waals surface area contributed by atoms with Gasteiger partial charge in [-0.2, -0.15) is 5.10 Å². The Hall–Kier alpha value is -1.03. The van der Waals surface area contributed by atoms with Crippen LogP contribution >= 0.6 is 0 Å². The summed E-state index contributed by atoms with van der Waals surface area (Å²) in [6.07, 6.45) is 6.89. The van der Waals surface area contributed by atoms with E-state index in [-0.39, 0.29) is 0 Å². The number of methoxy groups -OCH3 is 1. The molecule has 1 aliphatic carbocycles. The molecule has 0 radical (unpaired) electrons. The third-order valence-corrected chi connectivity index (χ3v) is 4.06. The summed E-state index contributed by atoms with van der Waals surface area (Å²) in [5.74, 6) is 1.52. The van der Waals surface area contributed by atoms with Gasteiger partial charge in [0.05, 0.1) is 19.0 Å². The average Bonchev–Trinajstić information content (AvgIpc) is 2.83. The molecule has 4 nitrogen and oxygen atoms in total. The summed E-state index contributed by atoms with van der Waals surface area (Å²) in [4.78, 5) is 0. The van der Waals surface area contributed by atoms with Gasteiger partial charge >= 0.3 is 0 Å². The predicted molar refractivity (Wildman–Crippen MR) is 77.8 cm³/mol. The van der Waals surface area contributed by atoms with E-state index in [9.17, 15) is 0 Å². The fraction of sp³-hybridized carbons (Fsp3) is 0.800. The van der Waals surface area contributed by atoms with Crippen molar-refractivity contribution in [3.8, 4) is 5.75 Å². The van der Waals surface area contributed by atoms with Crippen molar-refractivity contribution in [2.45, 2.75) is 64.5 Å². The van der Waals surface area contributed by atoms with Crippen LogP contribution in [0.2, 0.25) is 0 Å². The monoisotopic (exact) mass is 265 g/mol. The van der Waals surface area contributed by atoms with Gasteiger partial charge in [0, 0.05) is 18.0 Å². The van der Waals surface area contributed by atoms with E-state index < -0.39 is 0 Å². The predicted octanol–water partition coefficient (Wildman–Crippen LogP) is 3.11. The molecule has 0 bridgehead atoms. The second-order valence-corrected chi connectivity index (χ2v) is 5.75. The van der Waals surface area contributed by atoms with Gasteiger partial charge in [-0.15, -0.1) is 0 Å². The summed E-state index contributed by atoms with van der Waals surface area (Å²) in [5.41, 5.74) is 1.29. The molecule has 1 aromatic rings. The summed E-state index contributed by atoms with van der Waals surface area (Å²) >= 11 is 0. The molecule has 19 heavy (non-hydrogen) atoms. The Morgan fingerprint density at radius 3 is 2.89 bits per heavy atom. The first-order chi connectivity index (χ1) is 9.17. The largest absolute Gasteiger partial charge is 0.493 e. The number of ether oxygens (including phenoxy) is 1. The SMILES string of the molecule is CCNC1CCCC(c2c(OC)cnn2C(C)C)C1. The molecular weight excluding hydrogens is 238 g/mol. The van der Waals surface area contributed by atoms with Crippen LogP contribution in [0.1, 0.15) is 64.1 Å². The Kier molecular flexibility index (Phi) is 4.86. The third-order valence-electron chi connectivity index (χ3n) is 4.06. The van der Waals surface area contributed by atoms with Crippen LogP contribution in [0.25, 0.3) is 0 Å². The molecule has 1 N–H and O–H groups in total. The van der Waals surface area contributed by atoms with Gasteiger partial charge in [-0.3, -0.25) is 4.68 Å². The number of hydrogen-bond acceptors (Lipinski definition) is 3. The lowest BCUT2D eigenvalue weighted by molar-refractivity contribution is 0.317. The van der Waals surface area contributed by atoms with Crippen LogP contribution in [0.15, 0.2) is 6.20 Å². The molecule has 0 spiro atoms. The quantitative estimate of drug-likeness (QED) is 0.889. The zero-order valence-electron chi connectivity index (χ0n) is 12.6. The molecule has 4 heteroatoms. The summed E-state index contributed by atoms with van der Waals surface area (Å²) in [7, 11) is 1.75. The van der Waals surface area contributed by atoms with E-state index in [2.05, 4.69) is 35.9 Å². The normalized spacial score (nSPS) is 23.8. The fourth-order valence-corrected chi connectivity index (χ4v) is 3.23. The molecule has 1 saturated carbocycles. The van der Waals surface area contributed by atoms with Gasteiger partial charge < -0.3 is 10.1 Å². The zero-order chi connectivity index (χ0) is 13.8. The van der Waals surface area contributed by atoms with E-state index in [0.29, 0.717) is 18.0 Å². The van der Waals surface area contributed by atoms with Crippen LogP contribution in [0, 0.1) is 0 Å². The lowest BCUT2D eigenvalue weighted by atomic mass is 9.83. The Bertz CT molecular complexity index is 398. The maximum atomic E-state index is 5.52. The van der Waals surface area contributed by atoms with Gasteiger partial charge in [0.2, 0.25) is 0 Å². The topological polar surface area (TPSA) is 39.1 Å². The summed E-state index contributed by atoms with van der Waals surface area (Å²) in [6.45, 7) is 7.60. The van der Waals surface area contributed by atoms with Crippen LogP contribution < -0.4 is 10.1 Å². The third kappa shape index (κ3) is 3.11. The second kappa shape index (κ2) is 6.42. The van der Waals surface area contributed by atoms with E-state index in [0.717, 1.165) is 12.3 Å². The molecule has 1 aromatic heterocycles. The Morgan fingerprint density at radius 2 is 2.26 bits per heavy atom. The van der Waals surface area contributed by atoms with Crippen molar-refractivity contribution < 1.29 is 4.74 Å². The van der Waals surface area contributed by atoms with Crippen molar-refractivity contribution in [3.05, 3.63) is 11.9 Å². The van der Waals surface area contributed by atoms with E-state index in [4.69, 9.17) is 4.74 Å². The molecule has 0 amide bonds. The highest BCUT2D eigenvalue weighted by atomic mass is 16.5. The van der Waals surface area contributed by atoms with Gasteiger partial charge in [-0.25, -0.2) is 0 Å². The first kappa shape index (κ1) is 14.4. The highest BCUT2D eigenvalue weighted by Gasteiger charge is 2.28. The molecule has 1 heterocycles. The van der Waals surface area contributed by atoms with Crippen LogP contribution in [-0.2, 0) is 0 Å². The smallest absolute Gasteiger partial charge is 0.160 e. The molecule has 2 unspecified atom stereocenters. The van der Waals surface area contributed by atoms with Crippen molar-refractivity contribution in [1.29, 1.82) is 0 Å². The lowest BCUT2D eigenvalue weighted by Crippen LogP contribution is -2.34. The van der Waals surface area contributed by atoms with Crippen molar-refractivity contribution in [1.82, 2.24) is 15.1 Å². The molecular formula is C15H27N3O. The van der Waals surface area contributed by atoms with Crippen LogP contribution in [0.3, 0.4) is 0 Å². The maximum absolute atomic E-state index is 5.52. The van der Waals surface area contributed by atoms with Crippen molar-refractivity contribution >= 4 is 0 Å². The summed E-state index contributed by atoms with van der Waals surface area (Å²) < 4.78 is 7.66. The van der Waals surface area contributed by atoms with E-state index in [1.54, 1.807) is 7.11 Å². The van der Waals surface area contributed by atoms with Crippen LogP contribution in [-0.4, -0.2) is 29.5 Å². The number of rotatable bonds is 5. The van der Waals surface area contributed by atoms with Gasteiger partial charge in [-0.1, -0.05) is 13.3 Å². The zero-order valence-corrected chi connectivity index (χ0v) is 12.6. The fourth-order valence-electron chi connectivity index (χ4n) is 3.23. The maximum Gasteiger partial charge on any atom is 0.160 e. The van der Waals surface area contributed by atoms with Crippen molar-refractivity contribution in [3.63, 3.8) is 0 Å². The summed E-state index contributed by atoms with van der Waals surface area (Å²) in [5, 5.41) is 8.10. The number of nitrogens with zero attached hydrogens (tertiary/aromatic N) is 2. The van der Waals surface area contributed by atoms with E-state index in [1.807, 2.05) is 6.20 Å². The second-order valence-electron chi connectivity index (χ2n) is 5.75. The molecule has 1 fully saturated rings. The van der Waals surface area contributed by atoms with Gasteiger partial charge in [0.15, 0.2) is 5.75 Å². The Morgan fingerprint density at radius 1 is 1.47 bits per heavy atom. The highest BCUT2D eigenvalue weighted by Crippen LogP contribution is 2.38. The van der Waals surface area contributed by atoms with Crippen molar-refractivity contribution in [2.75, 3.05) is 13.7 Å². The minimum atomic E-state index is 0.387. The van der Waals surface area contributed by atoms with Crippen LogP contribution in [0.4, 0.5) is 0 Å². The molecule has 1 aliphatic rings. The van der Waals surface area contributed by atoms with Gasteiger partial charge in [0.25, 0.3) is 0 Å². The minimum Gasteiger partial charge on any atom is -0.493 e. The number of hydrogen-bond donors (Lipinski definition) is 1. The average molecular weight is 265 g/mol. The molecule has 0 aliphatic heterocycles. The standard InChI is InChI=1S/C15H27N3O/c1-5-16-13-8-6-7-12(9-13)15-14(19-4)10-17-18(15)11(2)3/h10-13,16H,5-9H2,1-4H3. The summed E-state index contributed by atoms with van der Waals surface area (Å²) in [6, 6.07) is 1.03. The van der Waals surface area contributed by atoms with E-state index in [1.165, 1.54) is 31.4 Å². The van der Waals surface area contributed by atoms with Crippen LogP contribution in [0.5, 0.6) is 5.75 Å². The number of aromatic nitrogens is 2. The van der Waals surface area contributed by atoms with Gasteiger partial charge in [-0.05, 0) is 39.7 Å². The minimum absolute atomic E-state index is 0.387. The van der Waals surface area contributed by atoms with Crippen molar-refractivity contribution in [2.24, 2.45) is 0 Å². The molecule has 2 atom stereocenters. The first-order valence-corrected chi connectivity index (χ1v) is 7.52. The Labute approximate surface area is 116 Å².